The fourth-order valence-electron chi connectivity index (χ4n) is 4.44. The van der Waals surface area contributed by atoms with E-state index in [4.69, 9.17) is 0 Å². The van der Waals surface area contributed by atoms with Gasteiger partial charge in [0.25, 0.3) is 0 Å². The molecule has 1 atom stereocenters. The number of carbonyl (C=O) groups excluding carboxylic acids is 1. The Labute approximate surface area is 160 Å². The van der Waals surface area contributed by atoms with Crippen molar-refractivity contribution in [2.45, 2.75) is 12.8 Å². The molecule has 138 valence electrons. The van der Waals surface area contributed by atoms with E-state index in [0.717, 1.165) is 11.1 Å². The van der Waals surface area contributed by atoms with Gasteiger partial charge in [0.05, 0.1) is 5.92 Å². The molecule has 5 rings (SSSR count). The number of hydrogen-bond acceptors (Lipinski definition) is 1. The summed E-state index contributed by atoms with van der Waals surface area (Å²) in [6.07, 6.45) is 0.831. The third-order valence-electron chi connectivity index (χ3n) is 5.68. The molecule has 0 aliphatic heterocycles. The highest BCUT2D eigenvalue weighted by molar-refractivity contribution is 6.14. The Balaban J connectivity index is 1.72. The Kier molecular flexibility index (Phi) is 3.76. The fraction of sp³-hybridized carbons (Fsp3) is 0.125. The van der Waals surface area contributed by atoms with Crippen molar-refractivity contribution in [2.75, 3.05) is 0 Å². The van der Waals surface area contributed by atoms with Crippen LogP contribution in [0.15, 0.2) is 60.7 Å². The van der Waals surface area contributed by atoms with Gasteiger partial charge in [0.15, 0.2) is 5.78 Å². The van der Waals surface area contributed by atoms with E-state index in [1.165, 1.54) is 30.3 Å². The van der Waals surface area contributed by atoms with E-state index < -0.39 is 17.6 Å². The van der Waals surface area contributed by atoms with E-state index >= 15 is 0 Å². The molecule has 0 aromatic heterocycles. The van der Waals surface area contributed by atoms with Crippen molar-refractivity contribution in [3.8, 4) is 0 Å². The Morgan fingerprint density at radius 2 is 1.43 bits per heavy atom. The van der Waals surface area contributed by atoms with Crippen molar-refractivity contribution in [3.63, 3.8) is 0 Å². The van der Waals surface area contributed by atoms with Crippen LogP contribution in [0.2, 0.25) is 0 Å². The second-order valence-corrected chi connectivity index (χ2v) is 7.27. The average molecular weight is 376 g/mol. The minimum absolute atomic E-state index is 0.199. The number of hydrogen-bond donors (Lipinski definition) is 0. The molecule has 28 heavy (non-hydrogen) atoms. The molecular weight excluding hydrogens is 361 g/mol. The van der Waals surface area contributed by atoms with Crippen molar-refractivity contribution in [2.24, 2.45) is 5.92 Å². The van der Waals surface area contributed by atoms with Crippen LogP contribution in [0.5, 0.6) is 0 Å². The molecule has 1 nitrogen and oxygen atoms in total. The number of halogens is 3. The van der Waals surface area contributed by atoms with Crippen molar-refractivity contribution >= 4 is 16.9 Å². The van der Waals surface area contributed by atoms with Gasteiger partial charge in [-0.05, 0) is 71.0 Å². The van der Waals surface area contributed by atoms with Crippen molar-refractivity contribution in [1.29, 1.82) is 0 Å². The lowest BCUT2D eigenvalue weighted by Crippen LogP contribution is -2.12. The molecule has 0 fully saturated rings. The van der Waals surface area contributed by atoms with Gasteiger partial charge in [0.2, 0.25) is 0 Å². The minimum atomic E-state index is -0.575. The number of carbonyl (C=O) groups is 1. The van der Waals surface area contributed by atoms with Crippen LogP contribution in [0.1, 0.15) is 32.6 Å². The lowest BCUT2D eigenvalue weighted by Gasteiger charge is -2.15. The Hall–Kier alpha value is -3.14. The van der Waals surface area contributed by atoms with E-state index in [2.05, 4.69) is 0 Å². The predicted molar refractivity (Wildman–Crippen MR) is 101 cm³/mol. The highest BCUT2D eigenvalue weighted by atomic mass is 19.1. The summed E-state index contributed by atoms with van der Waals surface area (Å²) in [6.45, 7) is 0. The van der Waals surface area contributed by atoms with Crippen LogP contribution < -0.4 is 0 Å². The largest absolute Gasteiger partial charge is 0.293 e. The Morgan fingerprint density at radius 1 is 0.750 bits per heavy atom. The van der Waals surface area contributed by atoms with E-state index in [-0.39, 0.29) is 11.6 Å². The summed E-state index contributed by atoms with van der Waals surface area (Å²) < 4.78 is 42.2. The zero-order chi connectivity index (χ0) is 19.4. The standard InChI is InChI=1S/C24H15F3O/c25-15-7-5-13-9-20(17-3-1-2-4-22(17)27)23(18(13)11-15)21-10-14-6-8-16(26)12-19(14)24(21)28/h1-8,11-12,21H,9-10H2. The number of ketones is 1. The lowest BCUT2D eigenvalue weighted by molar-refractivity contribution is 0.0964. The molecule has 0 N–H and O–H groups in total. The number of benzene rings is 3. The third-order valence-corrected chi connectivity index (χ3v) is 5.68. The molecule has 3 aromatic rings. The van der Waals surface area contributed by atoms with Gasteiger partial charge in [0, 0.05) is 11.1 Å². The van der Waals surface area contributed by atoms with Crippen LogP contribution in [0.25, 0.3) is 11.1 Å². The predicted octanol–water partition coefficient (Wildman–Crippen LogP) is 5.63. The molecule has 0 spiro atoms. The maximum atomic E-state index is 14.6. The van der Waals surface area contributed by atoms with Gasteiger partial charge in [-0.2, -0.15) is 0 Å². The topological polar surface area (TPSA) is 17.1 Å². The molecule has 0 saturated carbocycles. The van der Waals surface area contributed by atoms with E-state index in [0.29, 0.717) is 40.7 Å². The van der Waals surface area contributed by atoms with Crippen molar-refractivity contribution in [3.05, 3.63) is 106 Å². The first-order valence-corrected chi connectivity index (χ1v) is 9.12. The molecule has 2 aliphatic carbocycles. The van der Waals surface area contributed by atoms with E-state index in [1.54, 1.807) is 30.3 Å². The highest BCUT2D eigenvalue weighted by Gasteiger charge is 2.38. The van der Waals surface area contributed by atoms with Crippen LogP contribution in [0.4, 0.5) is 13.2 Å². The van der Waals surface area contributed by atoms with Crippen molar-refractivity contribution in [1.82, 2.24) is 0 Å². The Morgan fingerprint density at radius 3 is 2.18 bits per heavy atom. The van der Waals surface area contributed by atoms with Gasteiger partial charge in [-0.1, -0.05) is 30.3 Å². The summed E-state index contributed by atoms with van der Waals surface area (Å²) in [5.41, 5.74) is 4.40. The van der Waals surface area contributed by atoms with Gasteiger partial charge >= 0.3 is 0 Å². The third kappa shape index (κ3) is 2.52. The molecule has 1 unspecified atom stereocenters. The number of allylic oxidation sites excluding steroid dienone is 2. The monoisotopic (exact) mass is 376 g/mol. The summed E-state index contributed by atoms with van der Waals surface area (Å²) in [7, 11) is 0. The molecule has 0 heterocycles. The van der Waals surface area contributed by atoms with E-state index in [9.17, 15) is 18.0 Å². The molecule has 0 bridgehead atoms. The normalized spacial score (nSPS) is 17.8. The second kappa shape index (κ2) is 6.20. The minimum Gasteiger partial charge on any atom is -0.293 e. The number of rotatable bonds is 2. The van der Waals surface area contributed by atoms with Crippen LogP contribution in [-0.4, -0.2) is 5.78 Å². The van der Waals surface area contributed by atoms with Crippen molar-refractivity contribution < 1.29 is 18.0 Å². The molecule has 0 radical (unpaired) electrons. The van der Waals surface area contributed by atoms with Crippen LogP contribution in [0, 0.1) is 23.4 Å². The summed E-state index contributed by atoms with van der Waals surface area (Å²) in [6, 6.07) is 15.1. The van der Waals surface area contributed by atoms with Crippen LogP contribution in [-0.2, 0) is 12.8 Å². The van der Waals surface area contributed by atoms with Gasteiger partial charge in [-0.25, -0.2) is 13.2 Å². The van der Waals surface area contributed by atoms with Crippen LogP contribution >= 0.6 is 0 Å². The first kappa shape index (κ1) is 17.0. The summed E-state index contributed by atoms with van der Waals surface area (Å²) in [4.78, 5) is 13.1. The van der Waals surface area contributed by atoms with Crippen LogP contribution in [0.3, 0.4) is 0 Å². The maximum Gasteiger partial charge on any atom is 0.171 e. The van der Waals surface area contributed by atoms with Gasteiger partial charge in [-0.15, -0.1) is 0 Å². The molecule has 0 amide bonds. The smallest absolute Gasteiger partial charge is 0.171 e. The summed E-state index contributed by atoms with van der Waals surface area (Å²) in [5, 5.41) is 0. The molecule has 0 saturated heterocycles. The first-order chi connectivity index (χ1) is 13.5. The highest BCUT2D eigenvalue weighted by Crippen LogP contribution is 2.47. The first-order valence-electron chi connectivity index (χ1n) is 9.12. The molecule has 2 aliphatic rings. The lowest BCUT2D eigenvalue weighted by atomic mass is 9.87. The molecule has 4 heteroatoms. The molecule has 3 aromatic carbocycles. The molecular formula is C24H15F3O. The fourth-order valence-corrected chi connectivity index (χ4v) is 4.44. The van der Waals surface area contributed by atoms with Gasteiger partial charge in [0.1, 0.15) is 17.5 Å². The number of Topliss-reactive ketones (excluding diaryl/α,β-unsaturated/α-hetero) is 1. The number of fused-ring (bicyclic) bond motifs is 2. The average Bonchev–Trinajstić information content (AvgIpc) is 3.19. The SMILES string of the molecule is O=C1c2cc(F)ccc2CC1C1=C(c2ccccc2F)Cc2ccc(F)cc21. The zero-order valence-corrected chi connectivity index (χ0v) is 14.8. The zero-order valence-electron chi connectivity index (χ0n) is 14.8. The quantitative estimate of drug-likeness (QED) is 0.567. The maximum absolute atomic E-state index is 14.6. The summed E-state index contributed by atoms with van der Waals surface area (Å²) in [5.74, 6) is -2.02. The van der Waals surface area contributed by atoms with Gasteiger partial charge < -0.3 is 0 Å². The second-order valence-electron chi connectivity index (χ2n) is 7.27. The van der Waals surface area contributed by atoms with Gasteiger partial charge in [-0.3, -0.25) is 4.79 Å². The summed E-state index contributed by atoms with van der Waals surface area (Å²) >= 11 is 0. The Bertz CT molecular complexity index is 1180. The van der Waals surface area contributed by atoms with E-state index in [1.807, 2.05) is 0 Å².